The summed E-state index contributed by atoms with van der Waals surface area (Å²) in [5.74, 6) is 2.59. The van der Waals surface area contributed by atoms with E-state index >= 15 is 0 Å². The maximum atomic E-state index is 11.2. The maximum Gasteiger partial charge on any atom is 0.119 e. The lowest BCUT2D eigenvalue weighted by atomic mass is 9.44. The highest BCUT2D eigenvalue weighted by Crippen LogP contribution is 2.70. The SMILES string of the molecule is CC(C)N(C)CCCCCCCOc1ccc([C@H]2C[C@@]3(C)[C@@H](CC[C@@H]3O)[C@]3(C)CCc4cc(O)ccc4[C@@H]23)cc1. The minimum Gasteiger partial charge on any atom is -0.508 e. The quantitative estimate of drug-likeness (QED) is 0.279. The summed E-state index contributed by atoms with van der Waals surface area (Å²) in [4.78, 5) is 2.42. The van der Waals surface area contributed by atoms with E-state index in [1.807, 2.05) is 12.1 Å². The van der Waals surface area contributed by atoms with E-state index in [0.29, 0.717) is 29.5 Å². The van der Waals surface area contributed by atoms with Crippen molar-refractivity contribution in [3.8, 4) is 11.5 Å². The highest BCUT2D eigenvalue weighted by atomic mass is 16.5. The Bertz CT molecular complexity index is 1130. The van der Waals surface area contributed by atoms with E-state index in [1.165, 1.54) is 48.9 Å². The molecule has 2 N–H and O–H groups in total. The monoisotopic (exact) mass is 547 g/mol. The van der Waals surface area contributed by atoms with E-state index < -0.39 is 0 Å². The number of phenols is 1. The van der Waals surface area contributed by atoms with Crippen molar-refractivity contribution >= 4 is 0 Å². The fourth-order valence-corrected chi connectivity index (χ4v) is 8.83. The fourth-order valence-electron chi connectivity index (χ4n) is 8.83. The number of unbranched alkanes of at least 4 members (excludes halogenated alkanes) is 4. The summed E-state index contributed by atoms with van der Waals surface area (Å²) in [6.07, 6.45) is 11.1. The third-order valence-corrected chi connectivity index (χ3v) is 11.4. The minimum absolute atomic E-state index is 0.0519. The second-order valence-electron chi connectivity index (χ2n) is 14.1. The number of hydrogen-bond donors (Lipinski definition) is 2. The molecule has 4 heteroatoms. The summed E-state index contributed by atoms with van der Waals surface area (Å²) >= 11 is 0. The molecule has 6 atom stereocenters. The van der Waals surface area contributed by atoms with Gasteiger partial charge in [-0.05, 0) is 142 Å². The van der Waals surface area contributed by atoms with Crippen LogP contribution in [0.4, 0.5) is 0 Å². The van der Waals surface area contributed by atoms with Crippen LogP contribution in [-0.2, 0) is 6.42 Å². The Morgan fingerprint density at radius 2 is 1.68 bits per heavy atom. The van der Waals surface area contributed by atoms with E-state index in [2.05, 4.69) is 70.0 Å². The molecule has 40 heavy (non-hydrogen) atoms. The molecule has 2 fully saturated rings. The summed E-state index contributed by atoms with van der Waals surface area (Å²) in [6.45, 7) is 11.3. The Hall–Kier alpha value is -2.04. The molecule has 5 rings (SSSR count). The van der Waals surface area contributed by atoms with Crippen molar-refractivity contribution in [1.82, 2.24) is 4.90 Å². The molecule has 0 heterocycles. The van der Waals surface area contributed by atoms with Gasteiger partial charge in [0.05, 0.1) is 12.7 Å². The number of hydrogen-bond acceptors (Lipinski definition) is 4. The van der Waals surface area contributed by atoms with Crippen molar-refractivity contribution in [3.63, 3.8) is 0 Å². The van der Waals surface area contributed by atoms with Gasteiger partial charge in [0.25, 0.3) is 0 Å². The van der Waals surface area contributed by atoms with Gasteiger partial charge in [0.2, 0.25) is 0 Å². The third-order valence-electron chi connectivity index (χ3n) is 11.4. The van der Waals surface area contributed by atoms with Gasteiger partial charge in [0.15, 0.2) is 0 Å². The molecule has 0 radical (unpaired) electrons. The first-order valence-corrected chi connectivity index (χ1v) is 16.1. The zero-order valence-electron chi connectivity index (χ0n) is 25.7. The van der Waals surface area contributed by atoms with Crippen LogP contribution in [0.5, 0.6) is 11.5 Å². The van der Waals surface area contributed by atoms with E-state index in [4.69, 9.17) is 4.74 Å². The maximum absolute atomic E-state index is 11.2. The van der Waals surface area contributed by atoms with Crippen LogP contribution in [0.15, 0.2) is 42.5 Å². The number of aromatic hydroxyl groups is 1. The number of aliphatic hydroxyl groups excluding tert-OH is 1. The molecule has 2 saturated carbocycles. The number of aryl methyl sites for hydroxylation is 1. The van der Waals surface area contributed by atoms with Crippen molar-refractivity contribution in [2.75, 3.05) is 20.2 Å². The fraction of sp³-hybridized carbons (Fsp3) is 0.667. The van der Waals surface area contributed by atoms with Gasteiger partial charge in [0.1, 0.15) is 11.5 Å². The lowest BCUT2D eigenvalue weighted by molar-refractivity contribution is -0.0768. The summed E-state index contributed by atoms with van der Waals surface area (Å²) in [5, 5.41) is 21.4. The van der Waals surface area contributed by atoms with Crippen molar-refractivity contribution in [3.05, 3.63) is 59.2 Å². The number of phenolic OH excluding ortho intramolecular Hbond substituents is 1. The van der Waals surface area contributed by atoms with Crippen LogP contribution < -0.4 is 4.74 Å². The Morgan fingerprint density at radius 3 is 2.42 bits per heavy atom. The number of benzene rings is 2. The van der Waals surface area contributed by atoms with Gasteiger partial charge >= 0.3 is 0 Å². The second kappa shape index (κ2) is 12.1. The van der Waals surface area contributed by atoms with E-state index in [9.17, 15) is 10.2 Å². The molecule has 3 aliphatic carbocycles. The van der Waals surface area contributed by atoms with E-state index in [0.717, 1.165) is 50.9 Å². The molecule has 220 valence electrons. The summed E-state index contributed by atoms with van der Waals surface area (Å²) < 4.78 is 6.15. The normalized spacial score (nSPS) is 31.2. The van der Waals surface area contributed by atoms with Crippen molar-refractivity contribution < 1.29 is 14.9 Å². The Kier molecular flexibility index (Phi) is 8.88. The predicted octanol–water partition coefficient (Wildman–Crippen LogP) is 8.06. The molecular weight excluding hydrogens is 494 g/mol. The van der Waals surface area contributed by atoms with Crippen LogP contribution in [0.25, 0.3) is 0 Å². The number of aliphatic hydroxyl groups is 1. The molecular formula is C36H53NO3. The van der Waals surface area contributed by atoms with Crippen molar-refractivity contribution in [2.45, 2.75) is 116 Å². The van der Waals surface area contributed by atoms with Gasteiger partial charge < -0.3 is 19.8 Å². The van der Waals surface area contributed by atoms with Gasteiger partial charge in [0, 0.05) is 6.04 Å². The Labute approximate surface area is 243 Å². The standard InChI is InChI=1S/C36H53NO3/c1-25(2)37(5)21-9-7-6-8-10-22-40-29-14-11-26(12-15-29)31-24-36(4)32(17-18-33(36)39)35(3)20-19-27-23-28(38)13-16-30(27)34(31)35/h11-16,23,25,31-34,38-39H,6-10,17-22,24H2,1-5H3/t31-,32+,33+,34+,35+,36+/m1/s1. The minimum atomic E-state index is -0.224. The summed E-state index contributed by atoms with van der Waals surface area (Å²) in [6, 6.07) is 15.6. The average molecular weight is 548 g/mol. The first-order valence-electron chi connectivity index (χ1n) is 16.1. The zero-order valence-corrected chi connectivity index (χ0v) is 25.7. The largest absolute Gasteiger partial charge is 0.508 e. The molecule has 0 amide bonds. The Balaban J connectivity index is 1.24. The summed E-state index contributed by atoms with van der Waals surface area (Å²) in [5.41, 5.74) is 4.16. The topological polar surface area (TPSA) is 52.9 Å². The molecule has 4 nitrogen and oxygen atoms in total. The van der Waals surface area contributed by atoms with E-state index in [-0.39, 0.29) is 16.9 Å². The predicted molar refractivity (Wildman–Crippen MR) is 164 cm³/mol. The molecule has 0 aliphatic heterocycles. The van der Waals surface area contributed by atoms with Crippen LogP contribution >= 0.6 is 0 Å². The average Bonchev–Trinajstić information content (AvgIpc) is 3.24. The number of rotatable bonds is 11. The van der Waals surface area contributed by atoms with Crippen LogP contribution in [0.1, 0.15) is 114 Å². The van der Waals surface area contributed by atoms with Gasteiger partial charge in [-0.15, -0.1) is 0 Å². The highest BCUT2D eigenvalue weighted by Gasteiger charge is 2.62. The molecule has 0 aromatic heterocycles. The van der Waals surface area contributed by atoms with Crippen molar-refractivity contribution in [1.29, 1.82) is 0 Å². The lowest BCUT2D eigenvalue weighted by Gasteiger charge is -2.60. The third kappa shape index (κ3) is 5.68. The molecule has 0 unspecified atom stereocenters. The van der Waals surface area contributed by atoms with Crippen LogP contribution in [0.3, 0.4) is 0 Å². The first-order chi connectivity index (χ1) is 19.1. The molecule has 0 bridgehead atoms. The number of fused-ring (bicyclic) bond motifs is 5. The first kappa shape index (κ1) is 29.5. The molecule has 3 aliphatic rings. The number of nitrogens with zero attached hydrogens (tertiary/aromatic N) is 1. The highest BCUT2D eigenvalue weighted by molar-refractivity contribution is 5.45. The van der Waals surface area contributed by atoms with Crippen LogP contribution in [-0.4, -0.2) is 47.5 Å². The van der Waals surface area contributed by atoms with Gasteiger partial charge in [-0.1, -0.05) is 51.3 Å². The van der Waals surface area contributed by atoms with Crippen LogP contribution in [0, 0.1) is 16.7 Å². The second-order valence-corrected chi connectivity index (χ2v) is 14.1. The lowest BCUT2D eigenvalue weighted by Crippen LogP contribution is -2.52. The van der Waals surface area contributed by atoms with E-state index in [1.54, 1.807) is 0 Å². The van der Waals surface area contributed by atoms with Gasteiger partial charge in [-0.3, -0.25) is 0 Å². The zero-order chi connectivity index (χ0) is 28.5. The van der Waals surface area contributed by atoms with Crippen LogP contribution in [0.2, 0.25) is 0 Å². The van der Waals surface area contributed by atoms with Gasteiger partial charge in [-0.25, -0.2) is 0 Å². The molecule has 2 aromatic carbocycles. The smallest absolute Gasteiger partial charge is 0.119 e. The summed E-state index contributed by atoms with van der Waals surface area (Å²) in [7, 11) is 2.21. The molecule has 0 saturated heterocycles. The Morgan fingerprint density at radius 1 is 0.950 bits per heavy atom. The van der Waals surface area contributed by atoms with Gasteiger partial charge in [-0.2, -0.15) is 0 Å². The number of ether oxygens (including phenoxy) is 1. The molecule has 0 spiro atoms. The van der Waals surface area contributed by atoms with Crippen molar-refractivity contribution in [2.24, 2.45) is 16.7 Å². The molecule has 2 aromatic rings.